The van der Waals surface area contributed by atoms with Crippen LogP contribution in [0.5, 0.6) is 0 Å². The van der Waals surface area contributed by atoms with E-state index in [0.29, 0.717) is 38.8 Å². The minimum absolute atomic E-state index is 0.202. The van der Waals surface area contributed by atoms with Gasteiger partial charge in [-0.25, -0.2) is 4.98 Å². The number of esters is 1. The van der Waals surface area contributed by atoms with Gasteiger partial charge in [0.25, 0.3) is 0 Å². The Morgan fingerprint density at radius 2 is 2.26 bits per heavy atom. The second kappa shape index (κ2) is 8.47. The zero-order chi connectivity index (χ0) is 14.1. The van der Waals surface area contributed by atoms with Crippen LogP contribution in [0.15, 0.2) is 5.38 Å². The van der Waals surface area contributed by atoms with E-state index in [2.05, 4.69) is 10.3 Å². The number of amides is 1. The summed E-state index contributed by atoms with van der Waals surface area (Å²) < 4.78 is 4.85. The van der Waals surface area contributed by atoms with Crippen molar-refractivity contribution in [3.8, 4) is 0 Å². The first-order valence-electron chi connectivity index (χ1n) is 6.24. The lowest BCUT2D eigenvalue weighted by Gasteiger charge is -2.01. The number of hydrogen-bond donors (Lipinski definition) is 2. The number of rotatable bonds is 9. The zero-order valence-corrected chi connectivity index (χ0v) is 11.8. The molecule has 0 spiro atoms. The largest absolute Gasteiger partial charge is 0.466 e. The summed E-state index contributed by atoms with van der Waals surface area (Å²) >= 11 is 1.48. The molecule has 0 saturated heterocycles. The van der Waals surface area contributed by atoms with Crippen molar-refractivity contribution >= 4 is 28.3 Å². The highest BCUT2D eigenvalue weighted by molar-refractivity contribution is 7.13. The average Bonchev–Trinajstić information content (AvgIpc) is 2.80. The fraction of sp³-hybridized carbons (Fsp3) is 0.583. The number of nitrogens with zero attached hydrogens (tertiary/aromatic N) is 1. The maximum atomic E-state index is 11.2. The Balaban J connectivity index is 2.24. The highest BCUT2D eigenvalue weighted by atomic mass is 32.1. The lowest BCUT2D eigenvalue weighted by Crippen LogP contribution is -2.12. The van der Waals surface area contributed by atoms with Gasteiger partial charge in [0, 0.05) is 24.8 Å². The van der Waals surface area contributed by atoms with Crippen LogP contribution in [0.3, 0.4) is 0 Å². The summed E-state index contributed by atoms with van der Waals surface area (Å²) in [6.07, 6.45) is 1.98. The van der Waals surface area contributed by atoms with Crippen molar-refractivity contribution in [1.29, 1.82) is 0 Å². The molecule has 1 aromatic heterocycles. The summed E-state index contributed by atoms with van der Waals surface area (Å²) in [4.78, 5) is 26.1. The van der Waals surface area contributed by atoms with E-state index in [9.17, 15) is 9.59 Å². The first kappa shape index (κ1) is 15.4. The Hall–Kier alpha value is -1.63. The number of aryl methyl sites for hydroxylation is 1. The monoisotopic (exact) mass is 285 g/mol. The molecule has 1 rings (SSSR count). The van der Waals surface area contributed by atoms with Gasteiger partial charge >= 0.3 is 5.97 Å². The van der Waals surface area contributed by atoms with E-state index in [0.717, 1.165) is 10.8 Å². The predicted octanol–water partition coefficient (Wildman–Crippen LogP) is 1.32. The Morgan fingerprint density at radius 3 is 2.95 bits per heavy atom. The normalized spacial score (nSPS) is 10.2. The van der Waals surface area contributed by atoms with Crippen molar-refractivity contribution in [2.24, 2.45) is 5.73 Å². The number of nitrogens with two attached hydrogens (primary N) is 1. The number of nitrogens with one attached hydrogen (secondary N) is 1. The number of ether oxygens (including phenoxy) is 1. The van der Waals surface area contributed by atoms with Gasteiger partial charge in [-0.15, -0.1) is 11.3 Å². The predicted molar refractivity (Wildman–Crippen MR) is 74.0 cm³/mol. The van der Waals surface area contributed by atoms with E-state index in [4.69, 9.17) is 10.5 Å². The summed E-state index contributed by atoms with van der Waals surface area (Å²) in [5, 5.41) is 5.82. The number of carbonyl (C=O) groups is 2. The van der Waals surface area contributed by atoms with E-state index < -0.39 is 0 Å². The molecule has 0 aromatic carbocycles. The Bertz CT molecular complexity index is 420. The molecule has 0 atom stereocenters. The van der Waals surface area contributed by atoms with Crippen molar-refractivity contribution in [2.45, 2.75) is 32.6 Å². The minimum Gasteiger partial charge on any atom is -0.466 e. The first-order valence-corrected chi connectivity index (χ1v) is 7.12. The van der Waals surface area contributed by atoms with Crippen LogP contribution < -0.4 is 11.1 Å². The maximum absolute atomic E-state index is 11.2. The lowest BCUT2D eigenvalue weighted by atomic mass is 10.2. The molecule has 0 radical (unpaired) electrons. The number of primary amides is 1. The molecule has 106 valence electrons. The molecule has 0 aliphatic carbocycles. The van der Waals surface area contributed by atoms with Gasteiger partial charge in [-0.3, -0.25) is 9.59 Å². The van der Waals surface area contributed by atoms with E-state index >= 15 is 0 Å². The lowest BCUT2D eigenvalue weighted by molar-refractivity contribution is -0.143. The van der Waals surface area contributed by atoms with Crippen molar-refractivity contribution in [2.75, 3.05) is 18.5 Å². The van der Waals surface area contributed by atoms with E-state index in [1.807, 2.05) is 5.38 Å². The first-order chi connectivity index (χ1) is 9.11. The van der Waals surface area contributed by atoms with Crippen LogP contribution in [-0.4, -0.2) is 30.0 Å². The maximum Gasteiger partial charge on any atom is 0.306 e. The molecule has 0 fully saturated rings. The molecule has 0 saturated carbocycles. The molecule has 1 heterocycles. The van der Waals surface area contributed by atoms with E-state index in [1.54, 1.807) is 6.92 Å². The van der Waals surface area contributed by atoms with Gasteiger partial charge in [0.2, 0.25) is 5.91 Å². The smallest absolute Gasteiger partial charge is 0.306 e. The number of hydrogen-bond acceptors (Lipinski definition) is 6. The Morgan fingerprint density at radius 1 is 1.47 bits per heavy atom. The number of aromatic nitrogens is 1. The molecule has 7 heteroatoms. The number of carbonyl (C=O) groups excluding carboxylic acids is 2. The highest BCUT2D eigenvalue weighted by Crippen LogP contribution is 2.16. The molecule has 19 heavy (non-hydrogen) atoms. The van der Waals surface area contributed by atoms with Crippen molar-refractivity contribution in [3.05, 3.63) is 11.1 Å². The fourth-order valence-corrected chi connectivity index (χ4v) is 2.20. The van der Waals surface area contributed by atoms with Crippen LogP contribution in [0.1, 0.15) is 31.9 Å². The van der Waals surface area contributed by atoms with Crippen molar-refractivity contribution < 1.29 is 14.3 Å². The molecule has 1 amide bonds. The third kappa shape index (κ3) is 6.76. The molecule has 0 bridgehead atoms. The van der Waals surface area contributed by atoms with Crippen molar-refractivity contribution in [3.63, 3.8) is 0 Å². The quantitative estimate of drug-likeness (QED) is 0.527. The van der Waals surface area contributed by atoms with Crippen LogP contribution in [0.25, 0.3) is 0 Å². The van der Waals surface area contributed by atoms with Gasteiger partial charge in [-0.05, 0) is 13.3 Å². The van der Waals surface area contributed by atoms with E-state index in [-0.39, 0.29) is 11.9 Å². The molecule has 0 aliphatic heterocycles. The summed E-state index contributed by atoms with van der Waals surface area (Å²) in [5.74, 6) is -0.498. The zero-order valence-electron chi connectivity index (χ0n) is 11.0. The van der Waals surface area contributed by atoms with Crippen LogP contribution in [0.4, 0.5) is 5.13 Å². The summed E-state index contributed by atoms with van der Waals surface area (Å²) in [5.41, 5.74) is 5.92. The molecule has 0 unspecified atom stereocenters. The van der Waals surface area contributed by atoms with Gasteiger partial charge in [0.05, 0.1) is 18.7 Å². The second-order valence-corrected chi connectivity index (χ2v) is 4.80. The van der Waals surface area contributed by atoms with Gasteiger partial charge in [-0.2, -0.15) is 0 Å². The summed E-state index contributed by atoms with van der Waals surface area (Å²) in [7, 11) is 0. The third-order valence-corrected chi connectivity index (χ3v) is 3.17. The Labute approximate surface area is 116 Å². The molecular weight excluding hydrogens is 266 g/mol. The molecule has 0 aliphatic rings. The molecule has 3 N–H and O–H groups in total. The van der Waals surface area contributed by atoms with E-state index in [1.165, 1.54) is 11.3 Å². The standard InChI is InChI=1S/C12H19N3O3S/c1-2-18-11(17)6-5-9-8-19-12(15-9)14-7-3-4-10(13)16/h8H,2-7H2,1H3,(H2,13,16)(H,14,15). The van der Waals surface area contributed by atoms with Gasteiger partial charge in [0.15, 0.2) is 5.13 Å². The van der Waals surface area contributed by atoms with Crippen molar-refractivity contribution in [1.82, 2.24) is 4.98 Å². The highest BCUT2D eigenvalue weighted by Gasteiger charge is 2.06. The average molecular weight is 285 g/mol. The van der Waals surface area contributed by atoms with Gasteiger partial charge in [-0.1, -0.05) is 0 Å². The SMILES string of the molecule is CCOC(=O)CCc1csc(NCCCC(N)=O)n1. The number of thiazole rings is 1. The summed E-state index contributed by atoms with van der Waals surface area (Å²) in [6, 6.07) is 0. The summed E-state index contributed by atoms with van der Waals surface area (Å²) in [6.45, 7) is 2.85. The van der Waals surface area contributed by atoms with Crippen LogP contribution in [0.2, 0.25) is 0 Å². The van der Waals surface area contributed by atoms with Crippen LogP contribution in [-0.2, 0) is 20.7 Å². The second-order valence-electron chi connectivity index (χ2n) is 3.95. The van der Waals surface area contributed by atoms with Crippen LogP contribution >= 0.6 is 11.3 Å². The third-order valence-electron chi connectivity index (χ3n) is 2.32. The minimum atomic E-state index is -0.295. The fourth-order valence-electron chi connectivity index (χ4n) is 1.42. The topological polar surface area (TPSA) is 94.3 Å². The molecule has 1 aromatic rings. The molecule has 6 nitrogen and oxygen atoms in total. The van der Waals surface area contributed by atoms with Gasteiger partial charge < -0.3 is 15.8 Å². The number of anilines is 1. The van der Waals surface area contributed by atoms with Gasteiger partial charge in [0.1, 0.15) is 0 Å². The molecular formula is C12H19N3O3S. The Kier molecular flexibility index (Phi) is 6.88. The van der Waals surface area contributed by atoms with Crippen LogP contribution in [0, 0.1) is 0 Å².